The minimum Gasteiger partial charge on any atom is -0.492 e. The van der Waals surface area contributed by atoms with Crippen LogP contribution in [0.3, 0.4) is 0 Å². The van der Waals surface area contributed by atoms with Gasteiger partial charge in [0.05, 0.1) is 18.8 Å². The Morgan fingerprint density at radius 2 is 2.05 bits per heavy atom. The highest BCUT2D eigenvalue weighted by Crippen LogP contribution is 2.14. The van der Waals surface area contributed by atoms with Crippen LogP contribution in [0, 0.1) is 0 Å². The van der Waals surface area contributed by atoms with E-state index in [0.29, 0.717) is 24.7 Å². The number of nitrogens with one attached hydrogen (secondary N) is 2. The molecule has 1 aromatic heterocycles. The van der Waals surface area contributed by atoms with Crippen molar-refractivity contribution in [2.75, 3.05) is 20.2 Å². The lowest BCUT2D eigenvalue weighted by Crippen LogP contribution is -2.39. The van der Waals surface area contributed by atoms with E-state index in [9.17, 15) is 0 Å². The van der Waals surface area contributed by atoms with Crippen molar-refractivity contribution >= 4 is 17.6 Å². The van der Waals surface area contributed by atoms with Gasteiger partial charge >= 0.3 is 0 Å². The molecule has 6 nitrogen and oxygen atoms in total. The second-order valence-electron chi connectivity index (χ2n) is 4.60. The maximum atomic E-state index is 5.82. The molecule has 0 saturated heterocycles. The first kappa shape index (κ1) is 16.2. The molecule has 1 heterocycles. The van der Waals surface area contributed by atoms with Gasteiger partial charge < -0.3 is 15.4 Å². The number of nitrogens with zero attached hydrogens (tertiary/aromatic N) is 3. The number of benzene rings is 1. The standard InChI is InChI=1S/C15H20ClN5O/c1-17-15(19-11-13-7-8-20-21(13)2)18-9-10-22-14-5-3-12(16)4-6-14/h3-8H,9-11H2,1-2H3,(H2,17,18,19). The second kappa shape index (κ2) is 8.29. The van der Waals surface area contributed by atoms with Crippen molar-refractivity contribution in [2.45, 2.75) is 6.54 Å². The van der Waals surface area contributed by atoms with Crippen molar-refractivity contribution in [2.24, 2.45) is 12.0 Å². The van der Waals surface area contributed by atoms with Gasteiger partial charge in [-0.3, -0.25) is 9.67 Å². The maximum Gasteiger partial charge on any atom is 0.191 e. The van der Waals surface area contributed by atoms with Gasteiger partial charge in [0.2, 0.25) is 0 Å². The van der Waals surface area contributed by atoms with Crippen LogP contribution in [-0.2, 0) is 13.6 Å². The molecule has 0 aliphatic heterocycles. The fourth-order valence-corrected chi connectivity index (χ4v) is 1.96. The van der Waals surface area contributed by atoms with E-state index in [-0.39, 0.29) is 0 Å². The summed E-state index contributed by atoms with van der Waals surface area (Å²) in [6, 6.07) is 9.26. The Morgan fingerprint density at radius 3 is 2.68 bits per heavy atom. The molecule has 0 unspecified atom stereocenters. The highest BCUT2D eigenvalue weighted by atomic mass is 35.5. The molecule has 0 radical (unpaired) electrons. The number of guanidine groups is 1. The maximum absolute atomic E-state index is 5.82. The van der Waals surface area contributed by atoms with Gasteiger partial charge in [0, 0.05) is 25.3 Å². The van der Waals surface area contributed by atoms with E-state index in [2.05, 4.69) is 20.7 Å². The van der Waals surface area contributed by atoms with E-state index in [4.69, 9.17) is 16.3 Å². The first-order chi connectivity index (χ1) is 10.7. The van der Waals surface area contributed by atoms with Crippen molar-refractivity contribution in [1.29, 1.82) is 0 Å². The van der Waals surface area contributed by atoms with E-state index in [1.165, 1.54) is 0 Å². The molecule has 22 heavy (non-hydrogen) atoms. The Morgan fingerprint density at radius 1 is 1.27 bits per heavy atom. The van der Waals surface area contributed by atoms with Gasteiger partial charge in [0.15, 0.2) is 5.96 Å². The Kier molecular flexibility index (Phi) is 6.09. The number of aryl methyl sites for hydroxylation is 1. The number of hydrogen-bond donors (Lipinski definition) is 2. The summed E-state index contributed by atoms with van der Waals surface area (Å²) in [5.41, 5.74) is 1.08. The lowest BCUT2D eigenvalue weighted by Gasteiger charge is -2.12. The van der Waals surface area contributed by atoms with Crippen LogP contribution in [-0.4, -0.2) is 35.9 Å². The molecule has 2 N–H and O–H groups in total. The molecule has 0 amide bonds. The van der Waals surface area contributed by atoms with Crippen molar-refractivity contribution in [3.8, 4) is 5.75 Å². The highest BCUT2D eigenvalue weighted by molar-refractivity contribution is 6.30. The SMILES string of the molecule is CN=C(NCCOc1ccc(Cl)cc1)NCc1ccnn1C. The molecule has 0 aliphatic carbocycles. The number of halogens is 1. The van der Waals surface area contributed by atoms with Gasteiger partial charge in [-0.15, -0.1) is 0 Å². The third-order valence-electron chi connectivity index (χ3n) is 3.06. The van der Waals surface area contributed by atoms with Crippen LogP contribution >= 0.6 is 11.6 Å². The van der Waals surface area contributed by atoms with E-state index in [0.717, 1.165) is 17.4 Å². The molecule has 118 valence electrons. The average molecular weight is 322 g/mol. The van der Waals surface area contributed by atoms with Crippen LogP contribution in [0.2, 0.25) is 5.02 Å². The number of hydrogen-bond acceptors (Lipinski definition) is 3. The number of aromatic nitrogens is 2. The number of rotatable bonds is 6. The third kappa shape index (κ3) is 4.96. The highest BCUT2D eigenvalue weighted by Gasteiger charge is 2.01. The fraction of sp³-hybridized carbons (Fsp3) is 0.333. The van der Waals surface area contributed by atoms with Gasteiger partial charge in [-0.1, -0.05) is 11.6 Å². The monoisotopic (exact) mass is 321 g/mol. The van der Waals surface area contributed by atoms with Crippen molar-refractivity contribution in [3.05, 3.63) is 47.2 Å². The van der Waals surface area contributed by atoms with Gasteiger partial charge in [0.1, 0.15) is 12.4 Å². The average Bonchev–Trinajstić information content (AvgIpc) is 2.93. The summed E-state index contributed by atoms with van der Waals surface area (Å²) in [6.07, 6.45) is 1.77. The summed E-state index contributed by atoms with van der Waals surface area (Å²) >= 11 is 5.82. The lowest BCUT2D eigenvalue weighted by molar-refractivity contribution is 0.322. The summed E-state index contributed by atoms with van der Waals surface area (Å²) < 4.78 is 7.43. The minimum atomic E-state index is 0.536. The Balaban J connectivity index is 1.68. The van der Waals surface area contributed by atoms with Crippen LogP contribution in [0.4, 0.5) is 0 Å². The van der Waals surface area contributed by atoms with Gasteiger partial charge in [-0.05, 0) is 30.3 Å². The molecule has 0 saturated carbocycles. The van der Waals surface area contributed by atoms with Crippen LogP contribution in [0.15, 0.2) is 41.5 Å². The first-order valence-electron chi connectivity index (χ1n) is 6.99. The van der Waals surface area contributed by atoms with E-state index < -0.39 is 0 Å². The molecule has 0 fully saturated rings. The summed E-state index contributed by atoms with van der Waals surface area (Å²) in [5, 5.41) is 11.2. The molecule has 7 heteroatoms. The normalized spacial score (nSPS) is 11.3. The summed E-state index contributed by atoms with van der Waals surface area (Å²) in [5.74, 6) is 1.52. The molecule has 0 spiro atoms. The van der Waals surface area contributed by atoms with Crippen LogP contribution in [0.25, 0.3) is 0 Å². The molecule has 2 rings (SSSR count). The fourth-order valence-electron chi connectivity index (χ4n) is 1.84. The molecule has 1 aromatic carbocycles. The number of ether oxygens (including phenoxy) is 1. The summed E-state index contributed by atoms with van der Waals surface area (Å²) in [4.78, 5) is 4.17. The Hall–Kier alpha value is -2.21. The lowest BCUT2D eigenvalue weighted by atomic mass is 10.3. The van der Waals surface area contributed by atoms with E-state index in [1.807, 2.05) is 29.9 Å². The van der Waals surface area contributed by atoms with Crippen LogP contribution < -0.4 is 15.4 Å². The zero-order valence-corrected chi connectivity index (χ0v) is 13.5. The Labute approximate surface area is 135 Å². The van der Waals surface area contributed by atoms with Gasteiger partial charge in [0.25, 0.3) is 0 Å². The summed E-state index contributed by atoms with van der Waals surface area (Å²) in [6.45, 7) is 1.84. The van der Waals surface area contributed by atoms with Gasteiger partial charge in [-0.2, -0.15) is 5.10 Å². The molecular formula is C15H20ClN5O. The molecule has 0 atom stereocenters. The van der Waals surface area contributed by atoms with Gasteiger partial charge in [-0.25, -0.2) is 0 Å². The molecule has 0 aliphatic rings. The first-order valence-corrected chi connectivity index (χ1v) is 7.36. The quantitative estimate of drug-likeness (QED) is 0.484. The Bertz CT molecular complexity index is 609. The second-order valence-corrected chi connectivity index (χ2v) is 5.04. The van der Waals surface area contributed by atoms with Crippen molar-refractivity contribution in [1.82, 2.24) is 20.4 Å². The zero-order chi connectivity index (χ0) is 15.8. The minimum absolute atomic E-state index is 0.536. The number of aliphatic imine (C=N–C) groups is 1. The molecular weight excluding hydrogens is 302 g/mol. The zero-order valence-electron chi connectivity index (χ0n) is 12.7. The summed E-state index contributed by atoms with van der Waals surface area (Å²) in [7, 11) is 3.64. The predicted molar refractivity (Wildman–Crippen MR) is 88.4 cm³/mol. The van der Waals surface area contributed by atoms with E-state index >= 15 is 0 Å². The topological polar surface area (TPSA) is 63.5 Å². The largest absolute Gasteiger partial charge is 0.492 e. The smallest absolute Gasteiger partial charge is 0.191 e. The van der Waals surface area contributed by atoms with Crippen LogP contribution in [0.1, 0.15) is 5.69 Å². The third-order valence-corrected chi connectivity index (χ3v) is 3.31. The predicted octanol–water partition coefficient (Wildman–Crippen LogP) is 1.82. The van der Waals surface area contributed by atoms with Crippen molar-refractivity contribution < 1.29 is 4.74 Å². The van der Waals surface area contributed by atoms with E-state index in [1.54, 1.807) is 25.4 Å². The molecule has 0 bridgehead atoms. The van der Waals surface area contributed by atoms with Crippen LogP contribution in [0.5, 0.6) is 5.75 Å². The molecule has 2 aromatic rings. The van der Waals surface area contributed by atoms with Crippen molar-refractivity contribution in [3.63, 3.8) is 0 Å².